The summed E-state index contributed by atoms with van der Waals surface area (Å²) in [5.41, 5.74) is 5.44. The molecule has 1 aromatic heterocycles. The molecule has 31 heavy (non-hydrogen) atoms. The first-order valence-electron chi connectivity index (χ1n) is 10.4. The Bertz CT molecular complexity index is 1240. The van der Waals surface area contributed by atoms with Crippen molar-refractivity contribution in [1.29, 1.82) is 0 Å². The lowest BCUT2D eigenvalue weighted by Gasteiger charge is -2.34. The number of aromatic nitrogens is 1. The minimum absolute atomic E-state index is 0.0729. The summed E-state index contributed by atoms with van der Waals surface area (Å²) < 4.78 is 11.6. The van der Waals surface area contributed by atoms with E-state index in [1.807, 2.05) is 36.4 Å². The summed E-state index contributed by atoms with van der Waals surface area (Å²) in [5.74, 6) is 1.96. The van der Waals surface area contributed by atoms with Crippen LogP contribution in [-0.2, 0) is 4.79 Å². The highest BCUT2D eigenvalue weighted by atomic mass is 16.5. The number of carbonyl (C=O) groups excluding carboxylic acids is 1. The van der Waals surface area contributed by atoms with Gasteiger partial charge in [-0.3, -0.25) is 4.79 Å². The van der Waals surface area contributed by atoms with Crippen LogP contribution in [0.3, 0.4) is 0 Å². The number of anilines is 1. The number of para-hydroxylation sites is 1. The van der Waals surface area contributed by atoms with Gasteiger partial charge in [-0.25, -0.2) is 0 Å². The number of nitrogens with one attached hydrogen (secondary N) is 2. The van der Waals surface area contributed by atoms with E-state index >= 15 is 0 Å². The summed E-state index contributed by atoms with van der Waals surface area (Å²) in [6.45, 7) is 2.11. The lowest BCUT2D eigenvalue weighted by atomic mass is 9.76. The number of aromatic amines is 1. The number of methoxy groups -OCH3 is 1. The van der Waals surface area contributed by atoms with Crippen LogP contribution in [0.4, 0.5) is 5.69 Å². The molecule has 0 bridgehead atoms. The van der Waals surface area contributed by atoms with E-state index in [-0.39, 0.29) is 17.7 Å². The lowest BCUT2D eigenvalue weighted by molar-refractivity contribution is -0.114. The highest BCUT2D eigenvalue weighted by molar-refractivity contribution is 5.88. The van der Waals surface area contributed by atoms with Crippen molar-refractivity contribution in [1.82, 2.24) is 4.98 Å². The fourth-order valence-corrected chi connectivity index (χ4v) is 4.58. The van der Waals surface area contributed by atoms with Gasteiger partial charge in [0.1, 0.15) is 11.5 Å². The molecule has 4 aromatic rings. The van der Waals surface area contributed by atoms with Gasteiger partial charge in [0.2, 0.25) is 5.91 Å². The molecule has 156 valence electrons. The summed E-state index contributed by atoms with van der Waals surface area (Å²) in [6.07, 6.45) is 2.09. The number of ether oxygens (including phenoxy) is 2. The van der Waals surface area contributed by atoms with Crippen molar-refractivity contribution in [2.75, 3.05) is 19.0 Å². The molecule has 1 aliphatic heterocycles. The van der Waals surface area contributed by atoms with Gasteiger partial charge in [-0.2, -0.15) is 0 Å². The number of benzene rings is 3. The van der Waals surface area contributed by atoms with Gasteiger partial charge < -0.3 is 19.8 Å². The molecule has 2 unspecified atom stereocenters. The zero-order chi connectivity index (χ0) is 21.4. The summed E-state index contributed by atoms with van der Waals surface area (Å²) in [5, 5.41) is 4.02. The smallest absolute Gasteiger partial charge is 0.221 e. The van der Waals surface area contributed by atoms with E-state index in [1.54, 1.807) is 7.11 Å². The maximum absolute atomic E-state index is 11.4. The number of rotatable bonds is 4. The molecule has 0 saturated carbocycles. The molecule has 3 aromatic carbocycles. The van der Waals surface area contributed by atoms with Crippen LogP contribution in [0.2, 0.25) is 0 Å². The molecule has 0 radical (unpaired) electrons. The second-order valence-corrected chi connectivity index (χ2v) is 7.89. The first kappa shape index (κ1) is 19.2. The van der Waals surface area contributed by atoms with E-state index in [0.717, 1.165) is 22.7 Å². The second-order valence-electron chi connectivity index (χ2n) is 7.89. The molecule has 5 nitrogen and oxygen atoms in total. The van der Waals surface area contributed by atoms with Crippen LogP contribution in [-0.4, -0.2) is 24.6 Å². The third-order valence-corrected chi connectivity index (χ3v) is 5.99. The lowest BCUT2D eigenvalue weighted by Crippen LogP contribution is -2.25. The Kier molecular flexibility index (Phi) is 4.86. The Morgan fingerprint density at radius 2 is 1.87 bits per heavy atom. The molecule has 0 fully saturated rings. The fourth-order valence-electron chi connectivity index (χ4n) is 4.58. The number of amides is 1. The van der Waals surface area contributed by atoms with Crippen molar-refractivity contribution in [2.45, 2.75) is 18.8 Å². The van der Waals surface area contributed by atoms with E-state index in [4.69, 9.17) is 9.47 Å². The molecule has 5 rings (SSSR count). The van der Waals surface area contributed by atoms with Crippen molar-refractivity contribution >= 4 is 22.5 Å². The van der Waals surface area contributed by atoms with Crippen LogP contribution < -0.4 is 14.8 Å². The normalized spacial score (nSPS) is 17.6. The third-order valence-electron chi connectivity index (χ3n) is 5.99. The van der Waals surface area contributed by atoms with Gasteiger partial charge in [-0.15, -0.1) is 0 Å². The fraction of sp³-hybridized carbons (Fsp3) is 0.192. The van der Waals surface area contributed by atoms with E-state index in [0.29, 0.717) is 6.61 Å². The van der Waals surface area contributed by atoms with Gasteiger partial charge >= 0.3 is 0 Å². The van der Waals surface area contributed by atoms with Crippen molar-refractivity contribution in [3.05, 3.63) is 89.6 Å². The minimum atomic E-state index is -0.0729. The van der Waals surface area contributed by atoms with E-state index < -0.39 is 0 Å². The molecule has 0 saturated heterocycles. The van der Waals surface area contributed by atoms with E-state index in [9.17, 15) is 4.79 Å². The Balaban J connectivity index is 1.60. The van der Waals surface area contributed by atoms with Crippen LogP contribution in [0.15, 0.2) is 72.9 Å². The minimum Gasteiger partial charge on any atom is -0.497 e. The highest BCUT2D eigenvalue weighted by Crippen LogP contribution is 2.47. The van der Waals surface area contributed by atoms with Crippen molar-refractivity contribution < 1.29 is 14.3 Å². The van der Waals surface area contributed by atoms with Gasteiger partial charge in [-0.1, -0.05) is 30.3 Å². The molecule has 2 heterocycles. The van der Waals surface area contributed by atoms with Crippen molar-refractivity contribution in [2.24, 2.45) is 0 Å². The monoisotopic (exact) mass is 412 g/mol. The summed E-state index contributed by atoms with van der Waals surface area (Å²) in [7, 11) is 1.68. The quantitative estimate of drug-likeness (QED) is 0.469. The average molecular weight is 412 g/mol. The number of H-pyrrole nitrogens is 1. The molecular weight excluding hydrogens is 388 g/mol. The van der Waals surface area contributed by atoms with Crippen molar-refractivity contribution in [3.63, 3.8) is 0 Å². The maximum Gasteiger partial charge on any atom is 0.221 e. The Hall–Kier alpha value is -3.73. The molecule has 0 spiro atoms. The molecular formula is C26H24N2O3. The molecule has 1 aliphatic rings. The van der Waals surface area contributed by atoms with Crippen LogP contribution in [0, 0.1) is 0 Å². The van der Waals surface area contributed by atoms with E-state index in [1.165, 1.54) is 29.0 Å². The van der Waals surface area contributed by atoms with Crippen molar-refractivity contribution in [3.8, 4) is 11.5 Å². The van der Waals surface area contributed by atoms with Gasteiger partial charge in [0.25, 0.3) is 0 Å². The van der Waals surface area contributed by atoms with Gasteiger partial charge in [0.15, 0.2) is 0 Å². The molecule has 5 heteroatoms. The second kappa shape index (κ2) is 7.84. The highest BCUT2D eigenvalue weighted by Gasteiger charge is 2.34. The number of fused-ring (bicyclic) bond motifs is 2. The maximum atomic E-state index is 11.4. The Labute approximate surface area is 181 Å². The number of carbonyl (C=O) groups is 1. The Morgan fingerprint density at radius 1 is 1.06 bits per heavy atom. The summed E-state index contributed by atoms with van der Waals surface area (Å²) in [4.78, 5) is 14.8. The first-order chi connectivity index (χ1) is 15.1. The molecule has 0 aliphatic carbocycles. The van der Waals surface area contributed by atoms with E-state index in [2.05, 4.69) is 46.8 Å². The molecule has 2 atom stereocenters. The van der Waals surface area contributed by atoms with Crippen LogP contribution in [0.5, 0.6) is 11.5 Å². The summed E-state index contributed by atoms with van der Waals surface area (Å²) in [6, 6.07) is 22.5. The third kappa shape index (κ3) is 3.52. The predicted octanol–water partition coefficient (Wildman–Crippen LogP) is 5.44. The van der Waals surface area contributed by atoms with Crippen LogP contribution in [0.25, 0.3) is 10.9 Å². The number of hydrogen-bond acceptors (Lipinski definition) is 3. The zero-order valence-corrected chi connectivity index (χ0v) is 17.5. The molecule has 1 amide bonds. The SMILES string of the molecule is COc1ccc2c(C3COc4ccccc4C3c3ccc(NC(C)=O)cc3)c[nH]c2c1. The molecule has 2 N–H and O–H groups in total. The van der Waals surface area contributed by atoms with Gasteiger partial charge in [0, 0.05) is 53.2 Å². The summed E-state index contributed by atoms with van der Waals surface area (Å²) >= 11 is 0. The van der Waals surface area contributed by atoms with Gasteiger partial charge in [-0.05, 0) is 41.5 Å². The first-order valence-corrected chi connectivity index (χ1v) is 10.4. The standard InChI is InChI=1S/C26H24N2O3/c1-16(29)28-18-9-7-17(8-10-18)26-21-5-3-4-6-25(21)31-15-23(26)22-14-27-24-13-19(30-2)11-12-20(22)24/h3-14,23,26-27H,15H2,1-2H3,(H,28,29). The largest absolute Gasteiger partial charge is 0.497 e. The number of hydrogen-bond donors (Lipinski definition) is 2. The van der Waals surface area contributed by atoms with Gasteiger partial charge in [0.05, 0.1) is 13.7 Å². The van der Waals surface area contributed by atoms with Crippen LogP contribution >= 0.6 is 0 Å². The predicted molar refractivity (Wildman–Crippen MR) is 122 cm³/mol. The zero-order valence-electron chi connectivity index (χ0n) is 17.5. The topological polar surface area (TPSA) is 63.4 Å². The Morgan fingerprint density at radius 3 is 2.65 bits per heavy atom. The van der Waals surface area contributed by atoms with Crippen LogP contribution in [0.1, 0.15) is 35.4 Å². The average Bonchev–Trinajstić information content (AvgIpc) is 3.21.